The van der Waals surface area contributed by atoms with Gasteiger partial charge in [-0.3, -0.25) is 0 Å². The number of alkyl halides is 3. The Morgan fingerprint density at radius 1 is 1.00 bits per heavy atom. The molecular formula is C20H22F3O3PS. The molecule has 0 N–H and O–H groups in total. The van der Waals surface area contributed by atoms with E-state index in [0.29, 0.717) is 5.56 Å². The maximum atomic E-state index is 12.9. The molecule has 28 heavy (non-hydrogen) atoms. The molecular weight excluding hydrogens is 408 g/mol. The normalized spacial score (nSPS) is 13.8. The molecule has 1 atom stereocenters. The highest BCUT2D eigenvalue weighted by atomic mass is 32.7. The van der Waals surface area contributed by atoms with Crippen LogP contribution in [-0.4, -0.2) is 13.2 Å². The van der Waals surface area contributed by atoms with Crippen molar-refractivity contribution in [1.29, 1.82) is 0 Å². The molecule has 0 aliphatic rings. The van der Waals surface area contributed by atoms with Crippen LogP contribution in [0.2, 0.25) is 0 Å². The van der Waals surface area contributed by atoms with Gasteiger partial charge >= 0.3 is 13.0 Å². The summed E-state index contributed by atoms with van der Waals surface area (Å²) in [5, 5.41) is -0.508. The number of halogens is 3. The van der Waals surface area contributed by atoms with Gasteiger partial charge in [-0.15, -0.1) is 0 Å². The van der Waals surface area contributed by atoms with Gasteiger partial charge in [0.1, 0.15) is 0 Å². The zero-order chi connectivity index (χ0) is 20.6. The lowest BCUT2D eigenvalue weighted by Crippen LogP contribution is -2.05. The number of hydrogen-bond donors (Lipinski definition) is 0. The SMILES string of the molecule is CCOP(=O)(OCC)SC(/C=C/c1ccccc1)c1ccc(C(F)(F)F)cc1. The molecule has 2 aromatic carbocycles. The van der Waals surface area contributed by atoms with E-state index < -0.39 is 23.8 Å². The smallest absolute Gasteiger partial charge is 0.301 e. The maximum Gasteiger partial charge on any atom is 0.416 e. The van der Waals surface area contributed by atoms with Gasteiger partial charge in [0.25, 0.3) is 0 Å². The lowest BCUT2D eigenvalue weighted by molar-refractivity contribution is -0.137. The first-order valence-electron chi connectivity index (χ1n) is 8.75. The van der Waals surface area contributed by atoms with Crippen LogP contribution in [-0.2, 0) is 19.8 Å². The van der Waals surface area contributed by atoms with Crippen molar-refractivity contribution >= 4 is 24.3 Å². The molecule has 0 saturated heterocycles. The largest absolute Gasteiger partial charge is 0.416 e. The van der Waals surface area contributed by atoms with Gasteiger partial charge in [0.05, 0.1) is 24.0 Å². The van der Waals surface area contributed by atoms with Crippen molar-refractivity contribution in [2.75, 3.05) is 13.2 Å². The Labute approximate surface area is 167 Å². The van der Waals surface area contributed by atoms with E-state index in [1.54, 1.807) is 19.9 Å². The van der Waals surface area contributed by atoms with E-state index in [0.717, 1.165) is 29.1 Å². The van der Waals surface area contributed by atoms with Crippen molar-refractivity contribution in [2.45, 2.75) is 25.3 Å². The maximum absolute atomic E-state index is 12.9. The van der Waals surface area contributed by atoms with Gasteiger partial charge in [-0.25, -0.2) is 4.57 Å². The minimum absolute atomic E-state index is 0.201. The second kappa shape index (κ2) is 10.3. The molecule has 0 fully saturated rings. The minimum atomic E-state index is -4.41. The Morgan fingerprint density at radius 3 is 2.07 bits per heavy atom. The summed E-state index contributed by atoms with van der Waals surface area (Å²) in [7, 11) is 0. The molecule has 0 saturated carbocycles. The zero-order valence-corrected chi connectivity index (χ0v) is 17.3. The van der Waals surface area contributed by atoms with Gasteiger partial charge < -0.3 is 9.05 Å². The fourth-order valence-corrected chi connectivity index (χ4v) is 6.33. The van der Waals surface area contributed by atoms with Crippen molar-refractivity contribution in [1.82, 2.24) is 0 Å². The Bertz CT molecular complexity index is 798. The second-order valence-corrected chi connectivity index (χ2v) is 9.80. The topological polar surface area (TPSA) is 35.5 Å². The molecule has 0 radical (unpaired) electrons. The van der Waals surface area contributed by atoms with Crippen LogP contribution in [0.1, 0.15) is 35.8 Å². The molecule has 0 spiro atoms. The molecule has 152 valence electrons. The first-order chi connectivity index (χ1) is 13.3. The van der Waals surface area contributed by atoms with Gasteiger partial charge in [0.2, 0.25) is 0 Å². The van der Waals surface area contributed by atoms with Crippen LogP contribution in [0.3, 0.4) is 0 Å². The van der Waals surface area contributed by atoms with Crippen molar-refractivity contribution in [2.24, 2.45) is 0 Å². The Morgan fingerprint density at radius 2 is 1.57 bits per heavy atom. The molecule has 2 aromatic rings. The van der Waals surface area contributed by atoms with Gasteiger partial charge in [0.15, 0.2) is 0 Å². The molecule has 3 nitrogen and oxygen atoms in total. The van der Waals surface area contributed by atoms with Crippen molar-refractivity contribution in [3.63, 3.8) is 0 Å². The molecule has 0 aromatic heterocycles. The van der Waals surface area contributed by atoms with E-state index in [9.17, 15) is 17.7 Å². The summed E-state index contributed by atoms with van der Waals surface area (Å²) >= 11 is 0.970. The summed E-state index contributed by atoms with van der Waals surface area (Å²) in [5.41, 5.74) is 0.761. The van der Waals surface area contributed by atoms with Crippen LogP contribution >= 0.6 is 18.2 Å². The predicted octanol–water partition coefficient (Wildman–Crippen LogP) is 7.37. The van der Waals surface area contributed by atoms with Crippen molar-refractivity contribution in [3.05, 3.63) is 77.4 Å². The van der Waals surface area contributed by atoms with Crippen LogP contribution in [0.15, 0.2) is 60.7 Å². The first-order valence-corrected chi connectivity index (χ1v) is 11.8. The minimum Gasteiger partial charge on any atom is -0.301 e. The third kappa shape index (κ3) is 6.82. The van der Waals surface area contributed by atoms with Crippen LogP contribution < -0.4 is 0 Å². The zero-order valence-electron chi connectivity index (χ0n) is 15.6. The molecule has 8 heteroatoms. The predicted molar refractivity (Wildman–Crippen MR) is 108 cm³/mol. The molecule has 2 rings (SSSR count). The summed E-state index contributed by atoms with van der Waals surface area (Å²) in [6.45, 7) is 0.353. The third-order valence-corrected chi connectivity index (χ3v) is 7.80. The van der Waals surface area contributed by atoms with E-state index in [1.165, 1.54) is 12.1 Å². The average Bonchev–Trinajstić information content (AvgIpc) is 2.66. The summed E-state index contributed by atoms with van der Waals surface area (Å²) in [5.74, 6) is 0. The molecule has 0 heterocycles. The quantitative estimate of drug-likeness (QED) is 0.389. The molecule has 0 aliphatic carbocycles. The van der Waals surface area contributed by atoms with Crippen LogP contribution in [0.25, 0.3) is 6.08 Å². The monoisotopic (exact) mass is 430 g/mol. The Kier molecular flexibility index (Phi) is 8.38. The van der Waals surface area contributed by atoms with E-state index >= 15 is 0 Å². The molecule has 0 amide bonds. The highest BCUT2D eigenvalue weighted by Gasteiger charge is 2.32. The van der Waals surface area contributed by atoms with Crippen molar-refractivity contribution < 1.29 is 26.8 Å². The summed E-state index contributed by atoms with van der Waals surface area (Å²) < 4.78 is 62.2. The van der Waals surface area contributed by atoms with E-state index in [-0.39, 0.29) is 13.2 Å². The standard InChI is InChI=1S/C20H22F3O3PS/c1-3-25-27(24,26-4-2)28-19(15-10-16-8-6-5-7-9-16)17-11-13-18(14-12-17)20(21,22)23/h5-15,19H,3-4H2,1-2H3/b15-10+. The summed E-state index contributed by atoms with van der Waals surface area (Å²) in [4.78, 5) is 0. The molecule has 0 aliphatic heterocycles. The molecule has 1 unspecified atom stereocenters. The Balaban J connectivity index is 2.35. The molecule has 0 bridgehead atoms. The Hall–Kier alpha value is -1.53. The average molecular weight is 430 g/mol. The number of hydrogen-bond acceptors (Lipinski definition) is 4. The summed E-state index contributed by atoms with van der Waals surface area (Å²) in [6.07, 6.45) is -0.794. The number of benzene rings is 2. The number of rotatable bonds is 9. The van der Waals surface area contributed by atoms with E-state index in [4.69, 9.17) is 9.05 Å². The lowest BCUT2D eigenvalue weighted by atomic mass is 10.1. The summed E-state index contributed by atoms with van der Waals surface area (Å²) in [6, 6.07) is 14.3. The van der Waals surface area contributed by atoms with E-state index in [2.05, 4.69) is 0 Å². The van der Waals surface area contributed by atoms with Gasteiger partial charge in [-0.2, -0.15) is 13.2 Å². The van der Waals surface area contributed by atoms with Gasteiger partial charge in [0, 0.05) is 0 Å². The van der Waals surface area contributed by atoms with Crippen LogP contribution in [0, 0.1) is 0 Å². The fraction of sp³-hybridized carbons (Fsp3) is 0.300. The third-order valence-electron chi connectivity index (χ3n) is 3.65. The highest BCUT2D eigenvalue weighted by molar-refractivity contribution is 8.55. The highest BCUT2D eigenvalue weighted by Crippen LogP contribution is 2.65. The van der Waals surface area contributed by atoms with Gasteiger partial charge in [-0.05, 0) is 48.5 Å². The fourth-order valence-electron chi connectivity index (χ4n) is 2.38. The second-order valence-electron chi connectivity index (χ2n) is 5.70. The lowest BCUT2D eigenvalue weighted by Gasteiger charge is -2.21. The first kappa shape index (κ1) is 22.8. The van der Waals surface area contributed by atoms with E-state index in [1.807, 2.05) is 36.4 Å². The van der Waals surface area contributed by atoms with Crippen molar-refractivity contribution in [3.8, 4) is 0 Å². The van der Waals surface area contributed by atoms with Gasteiger partial charge in [-0.1, -0.05) is 54.6 Å². The van der Waals surface area contributed by atoms with Crippen LogP contribution in [0.5, 0.6) is 0 Å². The van der Waals surface area contributed by atoms with Crippen LogP contribution in [0.4, 0.5) is 13.2 Å².